The predicted octanol–water partition coefficient (Wildman–Crippen LogP) is 2.98. The maximum absolute atomic E-state index is 12.4. The van der Waals surface area contributed by atoms with Crippen LogP contribution in [0.15, 0.2) is 53.4 Å². The lowest BCUT2D eigenvalue weighted by Gasteiger charge is -2.14. The van der Waals surface area contributed by atoms with E-state index in [2.05, 4.69) is 10.0 Å². The van der Waals surface area contributed by atoms with Crippen LogP contribution < -0.4 is 10.0 Å². The van der Waals surface area contributed by atoms with Gasteiger partial charge in [-0.2, -0.15) is 0 Å². The van der Waals surface area contributed by atoms with Crippen molar-refractivity contribution in [3.05, 3.63) is 59.1 Å². The molecule has 0 spiro atoms. The van der Waals surface area contributed by atoms with Crippen LogP contribution in [0.25, 0.3) is 0 Å². The van der Waals surface area contributed by atoms with Crippen molar-refractivity contribution in [2.45, 2.75) is 36.9 Å². The number of hydrogen-bond donors (Lipinski definition) is 2. The van der Waals surface area contributed by atoms with E-state index in [0.29, 0.717) is 17.3 Å². The third-order valence-corrected chi connectivity index (χ3v) is 6.38. The van der Waals surface area contributed by atoms with Gasteiger partial charge in [-0.15, -0.1) is 0 Å². The molecule has 1 aliphatic rings. The number of ether oxygens (including phenoxy) is 2. The molecular formula is C21H23ClN2O6S. The first-order chi connectivity index (χ1) is 14.7. The molecule has 0 aromatic heterocycles. The van der Waals surface area contributed by atoms with Crippen LogP contribution in [0.3, 0.4) is 0 Å². The number of rotatable bonds is 8. The van der Waals surface area contributed by atoms with Crippen molar-refractivity contribution < 1.29 is 27.5 Å². The summed E-state index contributed by atoms with van der Waals surface area (Å²) in [4.78, 5) is 24.6. The number of nitrogens with one attached hydrogen (secondary N) is 2. The summed E-state index contributed by atoms with van der Waals surface area (Å²) in [5, 5.41) is 3.15. The van der Waals surface area contributed by atoms with Gasteiger partial charge in [0.05, 0.1) is 16.6 Å². The molecule has 2 N–H and O–H groups in total. The van der Waals surface area contributed by atoms with Crippen LogP contribution in [0.4, 0.5) is 5.69 Å². The van der Waals surface area contributed by atoms with E-state index in [1.165, 1.54) is 31.2 Å². The molecule has 3 rings (SSSR count). The number of hydrogen-bond acceptors (Lipinski definition) is 6. The Morgan fingerprint density at radius 3 is 2.45 bits per heavy atom. The normalized spacial score (nSPS) is 17.2. The first-order valence-corrected chi connectivity index (χ1v) is 11.6. The Kier molecular flexibility index (Phi) is 7.66. The van der Waals surface area contributed by atoms with Crippen molar-refractivity contribution in [3.8, 4) is 0 Å². The van der Waals surface area contributed by atoms with Gasteiger partial charge in [0.15, 0.2) is 6.10 Å². The number of anilines is 1. The van der Waals surface area contributed by atoms with Crippen LogP contribution in [0, 0.1) is 0 Å². The summed E-state index contributed by atoms with van der Waals surface area (Å²) in [6.07, 6.45) is 0.556. The van der Waals surface area contributed by atoms with E-state index in [9.17, 15) is 18.0 Å². The van der Waals surface area contributed by atoms with Gasteiger partial charge in [0.1, 0.15) is 0 Å². The number of carbonyl (C=O) groups excluding carboxylic acids is 2. The Labute approximate surface area is 185 Å². The van der Waals surface area contributed by atoms with E-state index in [4.69, 9.17) is 21.1 Å². The fourth-order valence-corrected chi connectivity index (χ4v) is 4.11. The summed E-state index contributed by atoms with van der Waals surface area (Å²) >= 11 is 5.80. The maximum atomic E-state index is 12.4. The molecule has 2 aromatic rings. The average molecular weight is 467 g/mol. The molecule has 10 heteroatoms. The molecule has 0 radical (unpaired) electrons. The number of benzene rings is 2. The fraction of sp³-hybridized carbons (Fsp3) is 0.333. The molecule has 0 bridgehead atoms. The van der Waals surface area contributed by atoms with Gasteiger partial charge in [-0.05, 0) is 68.3 Å². The van der Waals surface area contributed by atoms with Crippen LogP contribution in [0.1, 0.15) is 30.1 Å². The molecular weight excluding hydrogens is 444 g/mol. The number of amides is 1. The highest BCUT2D eigenvalue weighted by Crippen LogP contribution is 2.16. The highest BCUT2D eigenvalue weighted by atomic mass is 35.5. The highest BCUT2D eigenvalue weighted by Gasteiger charge is 2.22. The Hall–Kier alpha value is -2.46. The zero-order valence-corrected chi connectivity index (χ0v) is 18.4. The van der Waals surface area contributed by atoms with Crippen molar-refractivity contribution >= 4 is 39.2 Å². The minimum atomic E-state index is -3.72. The molecule has 0 saturated carbocycles. The monoisotopic (exact) mass is 466 g/mol. The van der Waals surface area contributed by atoms with E-state index >= 15 is 0 Å². The molecule has 0 unspecified atom stereocenters. The van der Waals surface area contributed by atoms with Crippen LogP contribution in [0.2, 0.25) is 5.02 Å². The SMILES string of the molecule is C[C@H](OC(=O)c1ccc(S(=O)(=O)NC[C@H]2CCCO2)cc1)C(=O)Nc1ccc(Cl)cc1. The van der Waals surface area contributed by atoms with Crippen LogP contribution in [0.5, 0.6) is 0 Å². The van der Waals surface area contributed by atoms with Crippen LogP contribution in [-0.2, 0) is 24.3 Å². The number of carbonyl (C=O) groups is 2. The summed E-state index contributed by atoms with van der Waals surface area (Å²) in [5.41, 5.74) is 0.645. The molecule has 1 aliphatic heterocycles. The summed E-state index contributed by atoms with van der Waals surface area (Å²) in [7, 11) is -3.72. The minimum Gasteiger partial charge on any atom is -0.449 e. The molecule has 8 nitrogen and oxygen atoms in total. The summed E-state index contributed by atoms with van der Waals surface area (Å²) in [5.74, 6) is -1.25. The smallest absolute Gasteiger partial charge is 0.338 e. The number of halogens is 1. The lowest BCUT2D eigenvalue weighted by atomic mass is 10.2. The van der Waals surface area contributed by atoms with Crippen molar-refractivity contribution in [1.82, 2.24) is 4.72 Å². The van der Waals surface area contributed by atoms with Crippen molar-refractivity contribution in [2.24, 2.45) is 0 Å². The average Bonchev–Trinajstić information content (AvgIpc) is 3.28. The van der Waals surface area contributed by atoms with Crippen LogP contribution >= 0.6 is 11.6 Å². The molecule has 2 aromatic carbocycles. The van der Waals surface area contributed by atoms with E-state index in [-0.39, 0.29) is 23.1 Å². The zero-order valence-electron chi connectivity index (χ0n) is 16.8. The number of esters is 1. The van der Waals surface area contributed by atoms with E-state index in [0.717, 1.165) is 12.8 Å². The third kappa shape index (κ3) is 6.51. The zero-order chi connectivity index (χ0) is 22.4. The van der Waals surface area contributed by atoms with E-state index in [1.807, 2.05) is 0 Å². The highest BCUT2D eigenvalue weighted by molar-refractivity contribution is 7.89. The number of sulfonamides is 1. The van der Waals surface area contributed by atoms with E-state index in [1.54, 1.807) is 24.3 Å². The molecule has 1 saturated heterocycles. The lowest BCUT2D eigenvalue weighted by Crippen LogP contribution is -2.32. The van der Waals surface area contributed by atoms with Crippen molar-refractivity contribution in [1.29, 1.82) is 0 Å². The molecule has 166 valence electrons. The van der Waals surface area contributed by atoms with Gasteiger partial charge in [0, 0.05) is 23.9 Å². The van der Waals surface area contributed by atoms with Gasteiger partial charge in [0.25, 0.3) is 5.91 Å². The third-order valence-electron chi connectivity index (χ3n) is 4.69. The lowest BCUT2D eigenvalue weighted by molar-refractivity contribution is -0.123. The second-order valence-corrected chi connectivity index (χ2v) is 9.26. The summed E-state index contributed by atoms with van der Waals surface area (Å²) in [6, 6.07) is 11.8. The topological polar surface area (TPSA) is 111 Å². The van der Waals surface area contributed by atoms with Crippen molar-refractivity contribution in [2.75, 3.05) is 18.5 Å². The van der Waals surface area contributed by atoms with E-state index < -0.39 is 28.0 Å². The summed E-state index contributed by atoms with van der Waals surface area (Å²) < 4.78 is 37.9. The summed E-state index contributed by atoms with van der Waals surface area (Å²) in [6.45, 7) is 2.28. The van der Waals surface area contributed by atoms with Gasteiger partial charge in [-0.25, -0.2) is 17.9 Å². The minimum absolute atomic E-state index is 0.0237. The second-order valence-electron chi connectivity index (χ2n) is 7.05. The maximum Gasteiger partial charge on any atom is 0.338 e. The molecule has 31 heavy (non-hydrogen) atoms. The predicted molar refractivity (Wildman–Crippen MR) is 116 cm³/mol. The first-order valence-electron chi connectivity index (χ1n) is 9.73. The largest absolute Gasteiger partial charge is 0.449 e. The quantitative estimate of drug-likeness (QED) is 0.578. The van der Waals surface area contributed by atoms with Crippen LogP contribution in [-0.4, -0.2) is 45.7 Å². The molecule has 1 amide bonds. The second kappa shape index (κ2) is 10.2. The first kappa shape index (κ1) is 23.2. The molecule has 1 heterocycles. The van der Waals surface area contributed by atoms with Gasteiger partial charge < -0.3 is 14.8 Å². The van der Waals surface area contributed by atoms with Crippen molar-refractivity contribution in [3.63, 3.8) is 0 Å². The molecule has 2 atom stereocenters. The van der Waals surface area contributed by atoms with Gasteiger partial charge in [-0.1, -0.05) is 11.6 Å². The molecule has 1 fully saturated rings. The fourth-order valence-electron chi connectivity index (χ4n) is 2.92. The standard InChI is InChI=1S/C21H23ClN2O6S/c1-14(20(25)24-17-8-6-16(22)7-9-17)30-21(26)15-4-10-19(11-5-15)31(27,28)23-13-18-3-2-12-29-18/h4-11,14,18,23H,2-3,12-13H2,1H3,(H,24,25)/t14-,18+/m0/s1. The molecule has 0 aliphatic carbocycles. The Morgan fingerprint density at radius 2 is 1.84 bits per heavy atom. The van der Waals surface area contributed by atoms with Gasteiger partial charge >= 0.3 is 5.97 Å². The Balaban J connectivity index is 1.55. The Bertz CT molecular complexity index is 1020. The Morgan fingerprint density at radius 1 is 1.16 bits per heavy atom. The van der Waals surface area contributed by atoms with Gasteiger partial charge in [-0.3, -0.25) is 4.79 Å². The van der Waals surface area contributed by atoms with Gasteiger partial charge in [0.2, 0.25) is 10.0 Å².